The zero-order chi connectivity index (χ0) is 28.8. The molecular weight excluding hydrogens is 517 g/mol. The summed E-state index contributed by atoms with van der Waals surface area (Å²) in [4.78, 5) is 26.7. The Bertz CT molecular complexity index is 1120. The maximum Gasteiger partial charge on any atom is 0.329 e. The minimum absolute atomic E-state index is 0.113. The van der Waals surface area contributed by atoms with Crippen molar-refractivity contribution in [2.75, 3.05) is 26.4 Å². The molecule has 0 aliphatic heterocycles. The third-order valence-corrected chi connectivity index (χ3v) is 6.65. The number of amides is 2. The topological polar surface area (TPSA) is 97.3 Å². The first kappa shape index (κ1) is 29.9. The fourth-order valence-electron chi connectivity index (χ4n) is 4.54. The zero-order valence-corrected chi connectivity index (χ0v) is 22.6. The zero-order valence-electron chi connectivity index (χ0n) is 22.6. The summed E-state index contributed by atoms with van der Waals surface area (Å²) in [7, 11) is 0. The monoisotopic (exact) mass is 552 g/mol. The van der Waals surface area contributed by atoms with E-state index in [1.54, 1.807) is 19.1 Å². The second-order valence-corrected chi connectivity index (χ2v) is 9.56. The molecule has 39 heavy (non-hydrogen) atoms. The van der Waals surface area contributed by atoms with Crippen molar-refractivity contribution in [3.8, 4) is 17.2 Å². The predicted octanol–water partition coefficient (Wildman–Crippen LogP) is 5.73. The number of carboxylic acids is 1. The number of carbonyl (C=O) groups excluding carboxylic acids is 1. The van der Waals surface area contributed by atoms with Gasteiger partial charge in [-0.25, -0.2) is 22.8 Å². The number of rotatable bonds is 13. The van der Waals surface area contributed by atoms with E-state index in [1.807, 2.05) is 20.8 Å². The number of carboxylic acid groups (broad SMARTS) is 1. The molecule has 1 saturated carbocycles. The highest BCUT2D eigenvalue weighted by Crippen LogP contribution is 2.46. The molecule has 0 spiro atoms. The van der Waals surface area contributed by atoms with Crippen LogP contribution in [0.5, 0.6) is 17.2 Å². The van der Waals surface area contributed by atoms with E-state index in [2.05, 4.69) is 5.32 Å². The highest BCUT2D eigenvalue weighted by molar-refractivity contribution is 5.88. The van der Waals surface area contributed by atoms with Gasteiger partial charge < -0.3 is 29.5 Å². The molecule has 2 aromatic rings. The van der Waals surface area contributed by atoms with Crippen LogP contribution in [0.1, 0.15) is 57.2 Å². The number of halogens is 3. The molecule has 2 N–H and O–H groups in total. The lowest BCUT2D eigenvalue weighted by Crippen LogP contribution is -2.68. The summed E-state index contributed by atoms with van der Waals surface area (Å²) in [6.07, 6.45) is -1.64. The number of hydrogen-bond acceptors (Lipinski definition) is 5. The van der Waals surface area contributed by atoms with E-state index in [9.17, 15) is 27.9 Å². The Morgan fingerprint density at radius 2 is 1.62 bits per heavy atom. The standard InChI is InChI=1S/C28H35F3N2O6/c1-5-37-23-14-20(15-24(18(23)3)38-6-2)19(4)33(12-7-13-39-22-10-8-21(29)9-11-22)26(36)32-27(25(34)35)16-28(30,31)17-27/h8-11,14-15,19H,5-7,12-13,16-17H2,1-4H3,(H,32,36)(H,34,35). The van der Waals surface area contributed by atoms with Gasteiger partial charge in [-0.3, -0.25) is 0 Å². The summed E-state index contributed by atoms with van der Waals surface area (Å²) in [5.41, 5.74) is -0.603. The molecule has 0 heterocycles. The number of ether oxygens (including phenoxy) is 3. The Kier molecular flexibility index (Phi) is 9.58. The van der Waals surface area contributed by atoms with Crippen LogP contribution in [0.25, 0.3) is 0 Å². The van der Waals surface area contributed by atoms with Gasteiger partial charge in [-0.1, -0.05) is 0 Å². The quantitative estimate of drug-likeness (QED) is 0.308. The molecule has 214 valence electrons. The molecule has 0 radical (unpaired) electrons. The van der Waals surface area contributed by atoms with Gasteiger partial charge in [0.1, 0.15) is 23.1 Å². The van der Waals surface area contributed by atoms with E-state index < -0.39 is 48.2 Å². The summed E-state index contributed by atoms with van der Waals surface area (Å²) in [5.74, 6) is -3.48. The van der Waals surface area contributed by atoms with Gasteiger partial charge in [0, 0.05) is 24.9 Å². The fourth-order valence-corrected chi connectivity index (χ4v) is 4.54. The molecule has 1 aliphatic carbocycles. The van der Waals surface area contributed by atoms with Crippen LogP contribution in [0, 0.1) is 12.7 Å². The average Bonchev–Trinajstić information content (AvgIpc) is 2.85. The Balaban J connectivity index is 1.85. The van der Waals surface area contributed by atoms with Crippen LogP contribution in [-0.2, 0) is 4.79 Å². The molecule has 0 bridgehead atoms. The molecule has 0 saturated heterocycles. The maximum absolute atomic E-state index is 13.7. The summed E-state index contributed by atoms with van der Waals surface area (Å²) >= 11 is 0. The van der Waals surface area contributed by atoms with Crippen LogP contribution in [0.2, 0.25) is 0 Å². The van der Waals surface area contributed by atoms with E-state index in [-0.39, 0.29) is 13.2 Å². The summed E-state index contributed by atoms with van der Waals surface area (Å²) in [6.45, 7) is 8.39. The van der Waals surface area contributed by atoms with E-state index >= 15 is 0 Å². The van der Waals surface area contributed by atoms with Gasteiger partial charge in [0.25, 0.3) is 5.92 Å². The van der Waals surface area contributed by atoms with Crippen molar-refractivity contribution < 1.29 is 42.1 Å². The van der Waals surface area contributed by atoms with Crippen molar-refractivity contribution >= 4 is 12.0 Å². The first-order chi connectivity index (χ1) is 18.4. The van der Waals surface area contributed by atoms with Crippen molar-refractivity contribution in [2.45, 2.75) is 64.5 Å². The molecule has 3 rings (SSSR count). The number of aliphatic carboxylic acids is 1. The van der Waals surface area contributed by atoms with Gasteiger partial charge in [0.2, 0.25) is 0 Å². The van der Waals surface area contributed by atoms with Crippen LogP contribution >= 0.6 is 0 Å². The summed E-state index contributed by atoms with van der Waals surface area (Å²) in [5, 5.41) is 12.0. The van der Waals surface area contributed by atoms with Gasteiger partial charge in [-0.05, 0) is 76.1 Å². The van der Waals surface area contributed by atoms with Gasteiger partial charge >= 0.3 is 12.0 Å². The molecule has 11 heteroatoms. The third kappa shape index (κ3) is 7.27. The lowest BCUT2D eigenvalue weighted by atomic mass is 9.73. The third-order valence-electron chi connectivity index (χ3n) is 6.65. The van der Waals surface area contributed by atoms with Gasteiger partial charge in [0.05, 0.1) is 25.9 Å². The number of carbonyl (C=O) groups is 2. The van der Waals surface area contributed by atoms with Crippen molar-refractivity contribution in [1.82, 2.24) is 10.2 Å². The first-order valence-corrected chi connectivity index (χ1v) is 12.9. The number of alkyl halides is 2. The van der Waals surface area contributed by atoms with Crippen molar-refractivity contribution in [3.05, 3.63) is 53.3 Å². The Morgan fingerprint density at radius 3 is 2.10 bits per heavy atom. The average molecular weight is 553 g/mol. The summed E-state index contributed by atoms with van der Waals surface area (Å²) < 4.78 is 57.7. The number of hydrogen-bond donors (Lipinski definition) is 2. The van der Waals surface area contributed by atoms with Crippen molar-refractivity contribution in [1.29, 1.82) is 0 Å². The number of nitrogens with one attached hydrogen (secondary N) is 1. The van der Waals surface area contributed by atoms with E-state index in [4.69, 9.17) is 14.2 Å². The van der Waals surface area contributed by atoms with E-state index in [0.717, 1.165) is 5.56 Å². The van der Waals surface area contributed by atoms with Crippen LogP contribution in [0.3, 0.4) is 0 Å². The molecule has 1 aliphatic rings. The van der Waals surface area contributed by atoms with Gasteiger partial charge in [-0.2, -0.15) is 0 Å². The number of nitrogens with zero attached hydrogens (tertiary/aromatic N) is 1. The SMILES string of the molecule is CCOc1cc(C(C)N(CCCOc2ccc(F)cc2)C(=O)NC2(C(=O)O)CC(F)(F)C2)cc(OCC)c1C. The molecule has 1 atom stereocenters. The predicted molar refractivity (Wildman–Crippen MR) is 138 cm³/mol. The van der Waals surface area contributed by atoms with Crippen LogP contribution < -0.4 is 19.5 Å². The highest BCUT2D eigenvalue weighted by atomic mass is 19.3. The van der Waals surface area contributed by atoms with Gasteiger partial charge in [0.15, 0.2) is 5.54 Å². The highest BCUT2D eigenvalue weighted by Gasteiger charge is 2.62. The maximum atomic E-state index is 13.7. The largest absolute Gasteiger partial charge is 0.494 e. The summed E-state index contributed by atoms with van der Waals surface area (Å²) in [6, 6.07) is 7.65. The van der Waals surface area contributed by atoms with Crippen LogP contribution in [-0.4, -0.2) is 59.8 Å². The second kappa shape index (κ2) is 12.5. The molecule has 0 aromatic heterocycles. The first-order valence-electron chi connectivity index (χ1n) is 12.9. The Hall–Kier alpha value is -3.63. The lowest BCUT2D eigenvalue weighted by Gasteiger charge is -2.45. The van der Waals surface area contributed by atoms with Gasteiger partial charge in [-0.15, -0.1) is 0 Å². The van der Waals surface area contributed by atoms with Crippen molar-refractivity contribution in [2.24, 2.45) is 0 Å². The second-order valence-electron chi connectivity index (χ2n) is 9.56. The minimum Gasteiger partial charge on any atom is -0.494 e. The Morgan fingerprint density at radius 1 is 1.05 bits per heavy atom. The normalized spacial score (nSPS) is 16.0. The fraction of sp³-hybridized carbons (Fsp3) is 0.500. The number of urea groups is 1. The molecule has 1 fully saturated rings. The number of benzene rings is 2. The smallest absolute Gasteiger partial charge is 0.329 e. The Labute approximate surface area is 226 Å². The molecular formula is C28H35F3N2O6. The van der Waals surface area contributed by atoms with E-state index in [0.29, 0.717) is 42.4 Å². The lowest BCUT2D eigenvalue weighted by molar-refractivity contribution is -0.175. The van der Waals surface area contributed by atoms with Crippen LogP contribution in [0.15, 0.2) is 36.4 Å². The molecule has 2 amide bonds. The van der Waals surface area contributed by atoms with Crippen LogP contribution in [0.4, 0.5) is 18.0 Å². The van der Waals surface area contributed by atoms with Crippen molar-refractivity contribution in [3.63, 3.8) is 0 Å². The minimum atomic E-state index is -3.17. The molecule has 2 aromatic carbocycles. The molecule has 8 nitrogen and oxygen atoms in total. The molecule has 1 unspecified atom stereocenters. The van der Waals surface area contributed by atoms with E-state index in [1.165, 1.54) is 29.2 Å².